The number of carboxylic acids is 1. The largest absolute Gasteiger partial charge is 0.481 e. The molecule has 0 spiro atoms. The van der Waals surface area contributed by atoms with Crippen molar-refractivity contribution in [1.29, 1.82) is 0 Å². The molecule has 1 atom stereocenters. The number of aromatic nitrogens is 1. The highest BCUT2D eigenvalue weighted by Gasteiger charge is 2.39. The minimum absolute atomic E-state index is 0.00962. The maximum atomic E-state index is 11.5. The maximum Gasteiger partial charge on any atom is 0.340 e. The predicted molar refractivity (Wildman–Crippen MR) is 95.6 cm³/mol. The molecule has 0 saturated heterocycles. The van der Waals surface area contributed by atoms with E-state index in [1.807, 2.05) is 42.5 Å². The number of aliphatic hydroxyl groups is 1. The Kier molecular flexibility index (Phi) is 4.42. The minimum Gasteiger partial charge on any atom is -0.481 e. The summed E-state index contributed by atoms with van der Waals surface area (Å²) in [7, 11) is 1.41. The number of hydrogen-bond acceptors (Lipinski definition) is 4. The van der Waals surface area contributed by atoms with Crippen molar-refractivity contribution >= 4 is 16.7 Å². The molecule has 0 saturated carbocycles. The van der Waals surface area contributed by atoms with Crippen LogP contribution in [0.5, 0.6) is 5.88 Å². The van der Waals surface area contributed by atoms with Crippen molar-refractivity contribution in [1.82, 2.24) is 4.98 Å². The summed E-state index contributed by atoms with van der Waals surface area (Å²) in [5.41, 5.74) is -0.344. The van der Waals surface area contributed by atoms with Gasteiger partial charge in [-0.2, -0.15) is 0 Å². The van der Waals surface area contributed by atoms with E-state index >= 15 is 0 Å². The Morgan fingerprint density at radius 2 is 1.84 bits per heavy atom. The van der Waals surface area contributed by atoms with Crippen LogP contribution in [0.1, 0.15) is 18.9 Å². The van der Waals surface area contributed by atoms with Gasteiger partial charge < -0.3 is 14.9 Å². The Hall–Kier alpha value is -2.92. The topological polar surface area (TPSA) is 79.7 Å². The molecule has 1 heterocycles. The van der Waals surface area contributed by atoms with E-state index in [-0.39, 0.29) is 17.9 Å². The van der Waals surface area contributed by atoms with E-state index in [1.54, 1.807) is 19.1 Å². The highest BCUT2D eigenvalue weighted by Crippen LogP contribution is 2.34. The Morgan fingerprint density at radius 3 is 2.48 bits per heavy atom. The summed E-state index contributed by atoms with van der Waals surface area (Å²) in [6, 6.07) is 17.2. The number of methoxy groups -OCH3 is 1. The number of rotatable bonds is 5. The summed E-state index contributed by atoms with van der Waals surface area (Å²) in [5, 5.41) is 22.1. The minimum atomic E-state index is -2.03. The SMILES string of the molecule is CCC(O)(C(=O)O)c1ccc(-c2ccc3ccccc3c2)nc1OC. The van der Waals surface area contributed by atoms with E-state index in [0.717, 1.165) is 16.3 Å². The van der Waals surface area contributed by atoms with Crippen LogP contribution in [0.4, 0.5) is 0 Å². The fraction of sp³-hybridized carbons (Fsp3) is 0.200. The number of pyridine rings is 1. The van der Waals surface area contributed by atoms with Crippen molar-refractivity contribution in [2.75, 3.05) is 7.11 Å². The third-order valence-electron chi connectivity index (χ3n) is 4.41. The number of nitrogens with zero attached hydrogens (tertiary/aromatic N) is 1. The lowest BCUT2D eigenvalue weighted by Gasteiger charge is -2.23. The third-order valence-corrected chi connectivity index (χ3v) is 4.41. The molecule has 3 rings (SSSR count). The number of ether oxygens (including phenoxy) is 1. The molecule has 128 valence electrons. The molecule has 5 nitrogen and oxygen atoms in total. The number of carboxylic acid groups (broad SMARTS) is 1. The van der Waals surface area contributed by atoms with Crippen LogP contribution in [0.2, 0.25) is 0 Å². The maximum absolute atomic E-state index is 11.5. The smallest absolute Gasteiger partial charge is 0.340 e. The first-order valence-corrected chi connectivity index (χ1v) is 8.00. The molecule has 0 aliphatic carbocycles. The average molecular weight is 337 g/mol. The van der Waals surface area contributed by atoms with Gasteiger partial charge in [-0.05, 0) is 35.4 Å². The van der Waals surface area contributed by atoms with Gasteiger partial charge in [0, 0.05) is 5.56 Å². The van der Waals surface area contributed by atoms with Crippen LogP contribution in [0, 0.1) is 0 Å². The summed E-state index contributed by atoms with van der Waals surface area (Å²) in [5.74, 6) is -1.22. The summed E-state index contributed by atoms with van der Waals surface area (Å²) >= 11 is 0. The van der Waals surface area contributed by atoms with Gasteiger partial charge >= 0.3 is 5.97 Å². The van der Waals surface area contributed by atoms with Crippen molar-refractivity contribution in [3.8, 4) is 17.1 Å². The number of hydrogen-bond donors (Lipinski definition) is 2. The van der Waals surface area contributed by atoms with Crippen LogP contribution in [-0.4, -0.2) is 28.3 Å². The molecule has 0 amide bonds. The molecule has 0 aliphatic heterocycles. The molecule has 1 aromatic heterocycles. The van der Waals surface area contributed by atoms with Crippen molar-refractivity contribution in [3.63, 3.8) is 0 Å². The quantitative estimate of drug-likeness (QED) is 0.744. The summed E-state index contributed by atoms with van der Waals surface area (Å²) < 4.78 is 5.26. The van der Waals surface area contributed by atoms with E-state index in [2.05, 4.69) is 4.98 Å². The van der Waals surface area contributed by atoms with Crippen LogP contribution < -0.4 is 4.74 Å². The second-order valence-electron chi connectivity index (χ2n) is 5.83. The molecule has 0 aliphatic rings. The fourth-order valence-corrected chi connectivity index (χ4v) is 2.88. The van der Waals surface area contributed by atoms with Gasteiger partial charge in [0.05, 0.1) is 18.4 Å². The van der Waals surface area contributed by atoms with E-state index in [9.17, 15) is 15.0 Å². The average Bonchev–Trinajstić information content (AvgIpc) is 2.66. The molecular weight excluding hydrogens is 318 g/mol. The molecule has 2 aromatic carbocycles. The first-order chi connectivity index (χ1) is 12.0. The van der Waals surface area contributed by atoms with E-state index in [1.165, 1.54) is 7.11 Å². The van der Waals surface area contributed by atoms with Crippen LogP contribution in [0.3, 0.4) is 0 Å². The van der Waals surface area contributed by atoms with Crippen molar-refractivity contribution in [2.24, 2.45) is 0 Å². The summed E-state index contributed by atoms with van der Waals surface area (Å²) in [6.45, 7) is 1.60. The summed E-state index contributed by atoms with van der Waals surface area (Å²) in [4.78, 5) is 15.9. The van der Waals surface area contributed by atoms with Gasteiger partial charge in [-0.15, -0.1) is 0 Å². The van der Waals surface area contributed by atoms with Crippen molar-refractivity contribution < 1.29 is 19.7 Å². The number of carbonyl (C=O) groups is 1. The molecule has 0 fully saturated rings. The lowest BCUT2D eigenvalue weighted by Crippen LogP contribution is -2.35. The number of benzene rings is 2. The molecule has 3 aromatic rings. The first-order valence-electron chi connectivity index (χ1n) is 8.00. The second-order valence-corrected chi connectivity index (χ2v) is 5.83. The lowest BCUT2D eigenvalue weighted by molar-refractivity contribution is -0.160. The lowest BCUT2D eigenvalue weighted by atomic mass is 9.91. The Labute approximate surface area is 145 Å². The van der Waals surface area contributed by atoms with Gasteiger partial charge in [0.2, 0.25) is 5.88 Å². The van der Waals surface area contributed by atoms with E-state index in [4.69, 9.17) is 4.74 Å². The van der Waals surface area contributed by atoms with E-state index in [0.29, 0.717) is 5.69 Å². The third kappa shape index (κ3) is 2.94. The van der Waals surface area contributed by atoms with Crippen LogP contribution in [0.25, 0.3) is 22.0 Å². The molecule has 0 radical (unpaired) electrons. The van der Waals surface area contributed by atoms with Gasteiger partial charge in [-0.3, -0.25) is 0 Å². The zero-order valence-corrected chi connectivity index (χ0v) is 14.1. The number of aliphatic carboxylic acids is 1. The predicted octanol–water partition coefficient (Wildman–Crippen LogP) is 3.59. The Bertz CT molecular complexity index is 938. The normalized spacial score (nSPS) is 13.4. The van der Waals surface area contributed by atoms with Gasteiger partial charge in [-0.1, -0.05) is 43.3 Å². The highest BCUT2D eigenvalue weighted by atomic mass is 16.5. The fourth-order valence-electron chi connectivity index (χ4n) is 2.88. The van der Waals surface area contributed by atoms with Gasteiger partial charge in [0.1, 0.15) is 0 Å². The van der Waals surface area contributed by atoms with Crippen LogP contribution >= 0.6 is 0 Å². The van der Waals surface area contributed by atoms with Gasteiger partial charge in [0.15, 0.2) is 5.60 Å². The second kappa shape index (κ2) is 6.53. The molecule has 0 bridgehead atoms. The first kappa shape index (κ1) is 16.9. The Morgan fingerprint density at radius 1 is 1.12 bits per heavy atom. The molecule has 2 N–H and O–H groups in total. The van der Waals surface area contributed by atoms with Crippen LogP contribution in [-0.2, 0) is 10.4 Å². The van der Waals surface area contributed by atoms with Crippen molar-refractivity contribution in [3.05, 3.63) is 60.2 Å². The summed E-state index contributed by atoms with van der Waals surface area (Å²) in [6.07, 6.45) is 0.00962. The number of fused-ring (bicyclic) bond motifs is 1. The Balaban J connectivity index is 2.10. The van der Waals surface area contributed by atoms with Crippen LogP contribution in [0.15, 0.2) is 54.6 Å². The monoisotopic (exact) mass is 337 g/mol. The van der Waals surface area contributed by atoms with Gasteiger partial charge in [0.25, 0.3) is 0 Å². The zero-order chi connectivity index (χ0) is 18.0. The molecule has 25 heavy (non-hydrogen) atoms. The van der Waals surface area contributed by atoms with Crippen molar-refractivity contribution in [2.45, 2.75) is 18.9 Å². The van der Waals surface area contributed by atoms with Gasteiger partial charge in [-0.25, -0.2) is 9.78 Å². The molecule has 5 heteroatoms. The zero-order valence-electron chi connectivity index (χ0n) is 14.1. The van der Waals surface area contributed by atoms with E-state index < -0.39 is 11.6 Å². The standard InChI is InChI=1S/C20H19NO4/c1-3-20(24,19(22)23)16-10-11-17(21-18(16)25-2)15-9-8-13-6-4-5-7-14(13)12-15/h4-12,24H,3H2,1-2H3,(H,22,23). The highest BCUT2D eigenvalue weighted by molar-refractivity contribution is 5.87. The molecular formula is C20H19NO4. The molecule has 1 unspecified atom stereocenters.